The van der Waals surface area contributed by atoms with Gasteiger partial charge >= 0.3 is 0 Å². The van der Waals surface area contributed by atoms with Gasteiger partial charge in [0.1, 0.15) is 5.84 Å². The normalized spacial score (nSPS) is 15.4. The second-order valence-corrected chi connectivity index (χ2v) is 1.78. The van der Waals surface area contributed by atoms with Crippen LogP contribution in [-0.2, 0) is 0 Å². The molecule has 10 heavy (non-hydrogen) atoms. The van der Waals surface area contributed by atoms with Crippen molar-refractivity contribution in [3.63, 3.8) is 0 Å². The summed E-state index contributed by atoms with van der Waals surface area (Å²) in [6.07, 6.45) is 6.62. The molecule has 0 saturated carbocycles. The molecule has 1 heterocycles. The molecule has 1 aliphatic rings. The average Bonchev–Trinajstić information content (AvgIpc) is 2.12. The topological polar surface area (TPSA) is 74.3 Å². The third kappa shape index (κ3) is 1.45. The van der Waals surface area contributed by atoms with Gasteiger partial charge in [-0.1, -0.05) is 0 Å². The maximum absolute atomic E-state index is 7.04. The standard InChI is InChI=1S/C6H8N4/c7-6(8)5-2-1-3-9-10-4-5/h1-4,9H,(H3,7,8). The van der Waals surface area contributed by atoms with Crippen molar-refractivity contribution in [3.05, 3.63) is 23.9 Å². The van der Waals surface area contributed by atoms with Gasteiger partial charge in [0.25, 0.3) is 0 Å². The number of rotatable bonds is 1. The minimum absolute atomic E-state index is 0.0251. The van der Waals surface area contributed by atoms with E-state index in [1.54, 1.807) is 18.4 Å². The van der Waals surface area contributed by atoms with Crippen LogP contribution in [0.25, 0.3) is 0 Å². The first kappa shape index (κ1) is 6.54. The van der Waals surface area contributed by atoms with Crippen LogP contribution in [0.5, 0.6) is 0 Å². The minimum atomic E-state index is 0.0251. The molecule has 1 rings (SSSR count). The average molecular weight is 136 g/mol. The number of hydrogen-bond acceptors (Lipinski definition) is 3. The highest BCUT2D eigenvalue weighted by atomic mass is 15.3. The van der Waals surface area contributed by atoms with Crippen molar-refractivity contribution < 1.29 is 0 Å². The van der Waals surface area contributed by atoms with Gasteiger partial charge in [-0.3, -0.25) is 10.8 Å². The molecule has 0 amide bonds. The Bertz CT molecular complexity index is 224. The van der Waals surface area contributed by atoms with Crippen LogP contribution < -0.4 is 11.2 Å². The van der Waals surface area contributed by atoms with E-state index < -0.39 is 0 Å². The summed E-state index contributed by atoms with van der Waals surface area (Å²) in [6, 6.07) is 0. The molecule has 4 heteroatoms. The first-order valence-corrected chi connectivity index (χ1v) is 2.80. The monoisotopic (exact) mass is 136 g/mol. The fourth-order valence-corrected chi connectivity index (χ4v) is 0.547. The van der Waals surface area contributed by atoms with E-state index in [1.165, 1.54) is 6.21 Å². The van der Waals surface area contributed by atoms with Crippen LogP contribution in [-0.4, -0.2) is 12.1 Å². The Hall–Kier alpha value is -1.58. The maximum atomic E-state index is 7.04. The molecule has 0 spiro atoms. The highest BCUT2D eigenvalue weighted by Gasteiger charge is 1.95. The van der Waals surface area contributed by atoms with Crippen LogP contribution in [0.15, 0.2) is 29.0 Å². The second-order valence-electron chi connectivity index (χ2n) is 1.78. The summed E-state index contributed by atoms with van der Waals surface area (Å²) in [4.78, 5) is 0. The lowest BCUT2D eigenvalue weighted by molar-refractivity contribution is 0.979. The first-order valence-electron chi connectivity index (χ1n) is 2.80. The van der Waals surface area contributed by atoms with E-state index in [4.69, 9.17) is 11.1 Å². The summed E-state index contributed by atoms with van der Waals surface area (Å²) < 4.78 is 0. The fraction of sp³-hybridized carbons (Fsp3) is 0. The summed E-state index contributed by atoms with van der Waals surface area (Å²) in [5.41, 5.74) is 8.43. The Kier molecular flexibility index (Phi) is 1.84. The molecule has 0 aromatic carbocycles. The van der Waals surface area contributed by atoms with Gasteiger partial charge in [-0.25, -0.2) is 0 Å². The molecule has 0 atom stereocenters. The highest BCUT2D eigenvalue weighted by Crippen LogP contribution is 1.92. The molecule has 1 aliphatic heterocycles. The molecule has 0 unspecified atom stereocenters. The molecule has 0 fully saturated rings. The van der Waals surface area contributed by atoms with Gasteiger partial charge in [0, 0.05) is 11.8 Å². The van der Waals surface area contributed by atoms with Gasteiger partial charge in [-0.2, -0.15) is 5.10 Å². The van der Waals surface area contributed by atoms with Crippen LogP contribution >= 0.6 is 0 Å². The summed E-state index contributed by atoms with van der Waals surface area (Å²) in [5, 5.41) is 10.8. The lowest BCUT2D eigenvalue weighted by Crippen LogP contribution is -2.13. The number of hydrazone groups is 1. The van der Waals surface area contributed by atoms with E-state index in [2.05, 4.69) is 10.5 Å². The molecule has 52 valence electrons. The van der Waals surface area contributed by atoms with Crippen LogP contribution in [0.3, 0.4) is 0 Å². The molecule has 0 radical (unpaired) electrons. The molecular formula is C6H8N4. The number of nitrogens with two attached hydrogens (primary N) is 1. The zero-order chi connectivity index (χ0) is 7.40. The van der Waals surface area contributed by atoms with Gasteiger partial charge in [0.05, 0.1) is 6.21 Å². The predicted molar refractivity (Wildman–Crippen MR) is 40.8 cm³/mol. The highest BCUT2D eigenvalue weighted by molar-refractivity contribution is 6.13. The molecule has 0 aliphatic carbocycles. The number of nitrogens with zero attached hydrogens (tertiary/aromatic N) is 1. The van der Waals surface area contributed by atoms with Crippen LogP contribution in [0.2, 0.25) is 0 Å². The van der Waals surface area contributed by atoms with Crippen molar-refractivity contribution in [2.45, 2.75) is 0 Å². The number of hydrogen-bond donors (Lipinski definition) is 3. The predicted octanol–water partition coefficient (Wildman–Crippen LogP) is -0.0485. The van der Waals surface area contributed by atoms with E-state index in [1.807, 2.05) is 0 Å². The zero-order valence-electron chi connectivity index (χ0n) is 5.33. The van der Waals surface area contributed by atoms with Crippen molar-refractivity contribution >= 4 is 12.1 Å². The number of nitrogens with one attached hydrogen (secondary N) is 2. The Labute approximate surface area is 58.6 Å². The van der Waals surface area contributed by atoms with E-state index in [0.29, 0.717) is 5.57 Å². The van der Waals surface area contributed by atoms with E-state index in [0.717, 1.165) is 0 Å². The van der Waals surface area contributed by atoms with E-state index >= 15 is 0 Å². The number of amidine groups is 1. The van der Waals surface area contributed by atoms with Crippen molar-refractivity contribution in [3.8, 4) is 0 Å². The Morgan fingerprint density at radius 3 is 3.20 bits per heavy atom. The fourth-order valence-electron chi connectivity index (χ4n) is 0.547. The molecule has 4 N–H and O–H groups in total. The van der Waals surface area contributed by atoms with Gasteiger partial charge in [0.15, 0.2) is 0 Å². The second kappa shape index (κ2) is 2.82. The van der Waals surface area contributed by atoms with Gasteiger partial charge in [0.2, 0.25) is 0 Å². The van der Waals surface area contributed by atoms with Crippen molar-refractivity contribution in [1.29, 1.82) is 5.41 Å². The lowest BCUT2D eigenvalue weighted by atomic mass is 10.2. The summed E-state index contributed by atoms with van der Waals surface area (Å²) in [5.74, 6) is 0.0251. The van der Waals surface area contributed by atoms with E-state index in [9.17, 15) is 0 Å². The van der Waals surface area contributed by atoms with Crippen LogP contribution in [0.4, 0.5) is 0 Å². The van der Waals surface area contributed by atoms with Crippen molar-refractivity contribution in [1.82, 2.24) is 5.43 Å². The third-order valence-corrected chi connectivity index (χ3v) is 1.04. The summed E-state index contributed by atoms with van der Waals surface area (Å²) >= 11 is 0. The van der Waals surface area contributed by atoms with Gasteiger partial charge < -0.3 is 5.73 Å². The largest absolute Gasteiger partial charge is 0.384 e. The van der Waals surface area contributed by atoms with Crippen molar-refractivity contribution in [2.75, 3.05) is 0 Å². The zero-order valence-corrected chi connectivity index (χ0v) is 5.33. The Morgan fingerprint density at radius 2 is 2.50 bits per heavy atom. The molecule has 4 nitrogen and oxygen atoms in total. The molecule has 0 saturated heterocycles. The molecule has 0 aromatic rings. The summed E-state index contributed by atoms with van der Waals surface area (Å²) in [7, 11) is 0. The van der Waals surface area contributed by atoms with Gasteiger partial charge in [-0.15, -0.1) is 0 Å². The van der Waals surface area contributed by atoms with E-state index in [-0.39, 0.29) is 5.84 Å². The lowest BCUT2D eigenvalue weighted by Gasteiger charge is -1.92. The first-order chi connectivity index (χ1) is 4.80. The Morgan fingerprint density at radius 1 is 1.70 bits per heavy atom. The molecule has 0 aromatic heterocycles. The molecular weight excluding hydrogens is 128 g/mol. The minimum Gasteiger partial charge on any atom is -0.384 e. The van der Waals surface area contributed by atoms with Gasteiger partial charge in [-0.05, 0) is 12.2 Å². The maximum Gasteiger partial charge on any atom is 0.124 e. The SMILES string of the molecule is N=C(N)C1=CC=CNN=C1. The van der Waals surface area contributed by atoms with Crippen LogP contribution in [0.1, 0.15) is 0 Å². The Balaban J connectivity index is 2.83. The molecule has 0 bridgehead atoms. The summed E-state index contributed by atoms with van der Waals surface area (Å²) in [6.45, 7) is 0. The van der Waals surface area contributed by atoms with Crippen LogP contribution in [0, 0.1) is 5.41 Å². The quantitative estimate of drug-likeness (QED) is 0.349. The third-order valence-electron chi connectivity index (χ3n) is 1.04. The number of allylic oxidation sites excluding steroid dienone is 2. The van der Waals surface area contributed by atoms with Crippen molar-refractivity contribution in [2.24, 2.45) is 10.8 Å². The smallest absolute Gasteiger partial charge is 0.124 e.